The summed E-state index contributed by atoms with van der Waals surface area (Å²) in [6.07, 6.45) is 1.87. The van der Waals surface area contributed by atoms with E-state index in [9.17, 15) is 18.3 Å². The van der Waals surface area contributed by atoms with Gasteiger partial charge in [-0.05, 0) is 41.8 Å². The summed E-state index contributed by atoms with van der Waals surface area (Å²) >= 11 is 3.39. The third-order valence-electron chi connectivity index (χ3n) is 4.75. The zero-order valence-electron chi connectivity index (χ0n) is 17.3. The lowest BCUT2D eigenvalue weighted by molar-refractivity contribution is 0.0695. The molecular formula is C22H23BrN2O5S. The van der Waals surface area contributed by atoms with Crippen LogP contribution in [0.2, 0.25) is 0 Å². The zero-order chi connectivity index (χ0) is 22.8. The van der Waals surface area contributed by atoms with Crippen molar-refractivity contribution < 1.29 is 18.3 Å². The Morgan fingerprint density at radius 3 is 2.42 bits per heavy atom. The molecule has 0 fully saturated rings. The number of hydrogen-bond donors (Lipinski definition) is 1. The van der Waals surface area contributed by atoms with Crippen LogP contribution in [-0.2, 0) is 9.84 Å². The third-order valence-corrected chi connectivity index (χ3v) is 6.37. The molecule has 3 rings (SSSR count). The van der Waals surface area contributed by atoms with Gasteiger partial charge in [-0.2, -0.15) is 9.78 Å². The van der Waals surface area contributed by atoms with Crippen molar-refractivity contribution in [2.45, 2.75) is 24.8 Å². The van der Waals surface area contributed by atoms with Crippen LogP contribution in [0.4, 0.5) is 0 Å². The summed E-state index contributed by atoms with van der Waals surface area (Å²) in [6.45, 7) is 3.64. The minimum Gasteiger partial charge on any atom is -0.485 e. The highest BCUT2D eigenvalue weighted by Gasteiger charge is 2.19. The topological polar surface area (TPSA) is 98.5 Å². The molecule has 0 radical (unpaired) electrons. The van der Waals surface area contributed by atoms with Crippen LogP contribution in [0.1, 0.15) is 13.8 Å². The highest BCUT2D eigenvalue weighted by molar-refractivity contribution is 9.10. The van der Waals surface area contributed by atoms with Gasteiger partial charge in [0.15, 0.2) is 15.6 Å². The Morgan fingerprint density at radius 1 is 1.16 bits per heavy atom. The van der Waals surface area contributed by atoms with Crippen molar-refractivity contribution >= 4 is 25.8 Å². The van der Waals surface area contributed by atoms with Crippen LogP contribution in [-0.4, -0.2) is 42.3 Å². The first-order valence-corrected chi connectivity index (χ1v) is 12.3. The molecule has 0 spiro atoms. The van der Waals surface area contributed by atoms with Crippen LogP contribution in [0.15, 0.2) is 68.9 Å². The maximum Gasteiger partial charge on any atom is 0.314 e. The second-order valence-electron chi connectivity index (χ2n) is 7.50. The Bertz CT molecular complexity index is 1240. The Kier molecular flexibility index (Phi) is 6.98. The van der Waals surface area contributed by atoms with Gasteiger partial charge in [0.25, 0.3) is 0 Å². The van der Waals surface area contributed by atoms with E-state index in [1.807, 2.05) is 19.9 Å². The summed E-state index contributed by atoms with van der Waals surface area (Å²) in [5.41, 5.74) is 1.05. The van der Waals surface area contributed by atoms with Gasteiger partial charge in [0.1, 0.15) is 6.61 Å². The Morgan fingerprint density at radius 2 is 1.84 bits per heavy atom. The minimum atomic E-state index is -3.35. The molecule has 1 aromatic heterocycles. The van der Waals surface area contributed by atoms with E-state index in [4.69, 9.17) is 4.74 Å². The van der Waals surface area contributed by atoms with Crippen molar-refractivity contribution in [2.24, 2.45) is 5.92 Å². The van der Waals surface area contributed by atoms with E-state index in [0.717, 1.165) is 10.7 Å². The molecule has 0 amide bonds. The van der Waals surface area contributed by atoms with Gasteiger partial charge in [0, 0.05) is 16.3 Å². The number of benzene rings is 2. The highest BCUT2D eigenvalue weighted by Crippen LogP contribution is 2.28. The molecule has 31 heavy (non-hydrogen) atoms. The molecule has 0 aliphatic carbocycles. The van der Waals surface area contributed by atoms with Crippen LogP contribution in [0.25, 0.3) is 16.8 Å². The average Bonchev–Trinajstić information content (AvgIpc) is 2.71. The minimum absolute atomic E-state index is 0.0294. The van der Waals surface area contributed by atoms with Gasteiger partial charge in [0.2, 0.25) is 0 Å². The first-order valence-electron chi connectivity index (χ1n) is 9.57. The fourth-order valence-electron chi connectivity index (χ4n) is 2.82. The number of nitrogens with zero attached hydrogens (tertiary/aromatic N) is 2. The van der Waals surface area contributed by atoms with Gasteiger partial charge in [-0.25, -0.2) is 8.42 Å². The van der Waals surface area contributed by atoms with E-state index < -0.39 is 21.5 Å². The molecule has 0 bridgehead atoms. The smallest absolute Gasteiger partial charge is 0.314 e. The summed E-state index contributed by atoms with van der Waals surface area (Å²) in [6, 6.07) is 13.3. The van der Waals surface area contributed by atoms with E-state index >= 15 is 0 Å². The van der Waals surface area contributed by atoms with Crippen molar-refractivity contribution in [1.29, 1.82) is 0 Å². The normalized spacial score (nSPS) is 12.7. The zero-order valence-corrected chi connectivity index (χ0v) is 19.7. The van der Waals surface area contributed by atoms with E-state index in [1.54, 1.807) is 30.3 Å². The lowest BCUT2D eigenvalue weighted by Crippen LogP contribution is -2.28. The molecule has 0 saturated heterocycles. The number of aromatic nitrogens is 2. The van der Waals surface area contributed by atoms with Crippen LogP contribution in [0.5, 0.6) is 5.75 Å². The number of aliphatic hydroxyl groups is 1. The monoisotopic (exact) mass is 506 g/mol. The number of sulfone groups is 1. The summed E-state index contributed by atoms with van der Waals surface area (Å²) in [4.78, 5) is 13.4. The van der Waals surface area contributed by atoms with Crippen molar-refractivity contribution in [3.05, 3.63) is 69.6 Å². The van der Waals surface area contributed by atoms with E-state index in [0.29, 0.717) is 16.8 Å². The van der Waals surface area contributed by atoms with Crippen LogP contribution >= 0.6 is 15.9 Å². The highest BCUT2D eigenvalue weighted by atomic mass is 79.9. The number of ether oxygens (including phenoxy) is 1. The van der Waals surface area contributed by atoms with Gasteiger partial charge in [-0.15, -0.1) is 0 Å². The van der Waals surface area contributed by atoms with Crippen LogP contribution in [0, 0.1) is 5.92 Å². The molecule has 1 unspecified atom stereocenters. The Labute approximate surface area is 189 Å². The maximum absolute atomic E-state index is 13.3. The van der Waals surface area contributed by atoms with Gasteiger partial charge in [-0.3, -0.25) is 4.79 Å². The SMILES string of the molecule is CC(C)C(O)COc1c(-c2ccc(S(C)(=O)=O)cc2)cnn(-c2cccc(Br)c2)c1=O. The molecule has 7 nitrogen and oxygen atoms in total. The first-order chi connectivity index (χ1) is 14.6. The molecule has 1 atom stereocenters. The van der Waals surface area contributed by atoms with E-state index in [2.05, 4.69) is 21.0 Å². The predicted octanol–water partition coefficient (Wildman–Crippen LogP) is 3.46. The number of halogens is 1. The van der Waals surface area contributed by atoms with Gasteiger partial charge < -0.3 is 9.84 Å². The second kappa shape index (κ2) is 9.33. The van der Waals surface area contributed by atoms with Gasteiger partial charge in [0.05, 0.1) is 22.9 Å². The van der Waals surface area contributed by atoms with E-state index in [1.165, 1.54) is 23.0 Å². The maximum atomic E-state index is 13.3. The molecule has 0 aliphatic heterocycles. The third kappa shape index (κ3) is 5.41. The van der Waals surface area contributed by atoms with E-state index in [-0.39, 0.29) is 23.2 Å². The Balaban J connectivity index is 2.11. The average molecular weight is 507 g/mol. The molecule has 1 N–H and O–H groups in total. The van der Waals surface area contributed by atoms with Crippen molar-refractivity contribution in [2.75, 3.05) is 12.9 Å². The molecule has 0 saturated carbocycles. The van der Waals surface area contributed by atoms with Crippen LogP contribution < -0.4 is 10.3 Å². The lowest BCUT2D eigenvalue weighted by Gasteiger charge is -2.18. The summed E-state index contributed by atoms with van der Waals surface area (Å²) in [7, 11) is -3.35. The fourth-order valence-corrected chi connectivity index (χ4v) is 3.84. The molecule has 9 heteroatoms. The predicted molar refractivity (Wildman–Crippen MR) is 122 cm³/mol. The number of aliphatic hydroxyl groups excluding tert-OH is 1. The standard InChI is InChI=1S/C22H23BrN2O5S/c1-14(2)20(26)13-30-21-19(15-7-9-18(10-8-15)31(3,28)29)12-24-25(22(21)27)17-6-4-5-16(23)11-17/h4-12,14,20,26H,13H2,1-3H3. The Hall–Kier alpha value is -2.49. The number of rotatable bonds is 7. The quantitative estimate of drug-likeness (QED) is 0.526. The van der Waals surface area contributed by atoms with Crippen molar-refractivity contribution in [3.8, 4) is 22.6 Å². The van der Waals surface area contributed by atoms with Crippen LogP contribution in [0.3, 0.4) is 0 Å². The lowest BCUT2D eigenvalue weighted by atomic mass is 10.1. The largest absolute Gasteiger partial charge is 0.485 e. The van der Waals surface area contributed by atoms with Crippen molar-refractivity contribution in [3.63, 3.8) is 0 Å². The number of hydrogen-bond acceptors (Lipinski definition) is 6. The van der Waals surface area contributed by atoms with Gasteiger partial charge in [-0.1, -0.05) is 48.0 Å². The molecule has 164 valence electrons. The first kappa shape index (κ1) is 23.2. The molecule has 0 aliphatic rings. The summed E-state index contributed by atoms with van der Waals surface area (Å²) < 4.78 is 31.3. The van der Waals surface area contributed by atoms with Gasteiger partial charge >= 0.3 is 5.56 Å². The molecule has 2 aromatic carbocycles. The molecule has 1 heterocycles. The second-order valence-corrected chi connectivity index (χ2v) is 10.4. The molecule has 3 aromatic rings. The fraction of sp³-hybridized carbons (Fsp3) is 0.273. The molecular weight excluding hydrogens is 484 g/mol. The summed E-state index contributed by atoms with van der Waals surface area (Å²) in [5, 5.41) is 14.4. The summed E-state index contributed by atoms with van der Waals surface area (Å²) in [5.74, 6) is -0.0200. The van der Waals surface area contributed by atoms with Crippen molar-refractivity contribution in [1.82, 2.24) is 9.78 Å².